The van der Waals surface area contributed by atoms with Crippen LogP contribution in [0, 0.1) is 6.92 Å². The number of aryl methyl sites for hydroxylation is 1. The van der Waals surface area contributed by atoms with Gasteiger partial charge in [0.15, 0.2) is 5.78 Å². The number of pyridine rings is 1. The molecule has 0 atom stereocenters. The van der Waals surface area contributed by atoms with Gasteiger partial charge in [-0.15, -0.1) is 0 Å². The Kier molecular flexibility index (Phi) is 3.28. The maximum absolute atomic E-state index is 11.4. The summed E-state index contributed by atoms with van der Waals surface area (Å²) in [6.07, 6.45) is 0. The number of carbonyl (C=O) groups excluding carboxylic acids is 1. The maximum atomic E-state index is 11.4. The molecule has 1 aromatic carbocycles. The fraction of sp³-hybridized carbons (Fsp3) is 0.231. The molecule has 0 unspecified atom stereocenters. The lowest BCUT2D eigenvalue weighted by atomic mass is 10.0. The summed E-state index contributed by atoms with van der Waals surface area (Å²) in [5.74, 6) is 0.00653. The van der Waals surface area contributed by atoms with Crippen LogP contribution >= 0.6 is 0 Å². The molecule has 2 rings (SSSR count). The molecule has 0 amide bonds. The number of carbonyl (C=O) groups is 1. The molecule has 3 nitrogen and oxygen atoms in total. The number of nitrogens with one attached hydrogen (secondary N) is 1. The monoisotopic (exact) mass is 217 g/mol. The van der Waals surface area contributed by atoms with Crippen LogP contribution in [0.15, 0.2) is 29.1 Å². The summed E-state index contributed by atoms with van der Waals surface area (Å²) >= 11 is 0. The molecule has 0 aliphatic carbocycles. The summed E-state index contributed by atoms with van der Waals surface area (Å²) in [5.41, 5.74) is 2.21. The normalized spacial score (nSPS) is 9.88. The summed E-state index contributed by atoms with van der Waals surface area (Å²) in [6.45, 7) is 3.43. The van der Waals surface area contributed by atoms with Crippen LogP contribution in [-0.4, -0.2) is 10.8 Å². The van der Waals surface area contributed by atoms with Crippen molar-refractivity contribution in [1.82, 2.24) is 4.98 Å². The van der Waals surface area contributed by atoms with Crippen molar-refractivity contribution in [2.75, 3.05) is 0 Å². The first-order valence-electron chi connectivity index (χ1n) is 4.73. The Hall–Kier alpha value is -1.90. The van der Waals surface area contributed by atoms with Gasteiger partial charge in [0.25, 0.3) is 0 Å². The molecule has 0 spiro atoms. The fourth-order valence-electron chi connectivity index (χ4n) is 1.70. The lowest BCUT2D eigenvalue weighted by molar-refractivity contribution is 0.101. The van der Waals surface area contributed by atoms with E-state index in [1.807, 2.05) is 13.0 Å². The van der Waals surface area contributed by atoms with Crippen molar-refractivity contribution in [3.63, 3.8) is 0 Å². The van der Waals surface area contributed by atoms with E-state index in [2.05, 4.69) is 4.98 Å². The van der Waals surface area contributed by atoms with E-state index in [0.29, 0.717) is 5.56 Å². The highest BCUT2D eigenvalue weighted by Crippen LogP contribution is 2.19. The number of Topliss-reactive ketones (excluding diaryl/α,β-unsaturated/α-hetero) is 1. The van der Waals surface area contributed by atoms with E-state index in [1.165, 1.54) is 13.0 Å². The van der Waals surface area contributed by atoms with Gasteiger partial charge in [-0.25, -0.2) is 0 Å². The molecule has 0 saturated heterocycles. The first kappa shape index (κ1) is 12.2. The standard InChI is InChI=1S/C12H11NO2.CH4/c1-7-3-4-9(8(2)14)10-5-6-11(15)13-12(7)10;/h3-6H,1-2H3,(H,13,15);1H4. The van der Waals surface area contributed by atoms with Crippen LogP contribution in [0.5, 0.6) is 0 Å². The zero-order chi connectivity index (χ0) is 11.0. The van der Waals surface area contributed by atoms with Crippen LogP contribution in [0.3, 0.4) is 0 Å². The Morgan fingerprint density at radius 1 is 1.19 bits per heavy atom. The molecule has 84 valence electrons. The van der Waals surface area contributed by atoms with E-state index in [-0.39, 0.29) is 18.8 Å². The smallest absolute Gasteiger partial charge is 0.248 e. The van der Waals surface area contributed by atoms with E-state index in [4.69, 9.17) is 0 Å². The second kappa shape index (κ2) is 4.31. The number of rotatable bonds is 1. The Morgan fingerprint density at radius 3 is 2.50 bits per heavy atom. The van der Waals surface area contributed by atoms with Crippen molar-refractivity contribution < 1.29 is 4.79 Å². The largest absolute Gasteiger partial charge is 0.322 e. The van der Waals surface area contributed by atoms with Crippen molar-refractivity contribution in [2.45, 2.75) is 21.3 Å². The number of fused-ring (bicyclic) bond motifs is 1. The quantitative estimate of drug-likeness (QED) is 0.746. The Bertz CT molecular complexity index is 596. The van der Waals surface area contributed by atoms with Crippen molar-refractivity contribution in [3.8, 4) is 0 Å². The molecule has 3 heteroatoms. The maximum Gasteiger partial charge on any atom is 0.248 e. The topological polar surface area (TPSA) is 49.9 Å². The number of H-pyrrole nitrogens is 1. The van der Waals surface area contributed by atoms with Gasteiger partial charge in [0.2, 0.25) is 5.56 Å². The van der Waals surface area contributed by atoms with E-state index >= 15 is 0 Å². The van der Waals surface area contributed by atoms with Gasteiger partial charge in [-0.2, -0.15) is 0 Å². The molecule has 0 saturated carbocycles. The van der Waals surface area contributed by atoms with E-state index < -0.39 is 0 Å². The fourth-order valence-corrected chi connectivity index (χ4v) is 1.70. The van der Waals surface area contributed by atoms with Gasteiger partial charge in [0, 0.05) is 17.0 Å². The highest BCUT2D eigenvalue weighted by Gasteiger charge is 2.07. The van der Waals surface area contributed by atoms with E-state index in [9.17, 15) is 9.59 Å². The van der Waals surface area contributed by atoms with Gasteiger partial charge >= 0.3 is 0 Å². The second-order valence-electron chi connectivity index (χ2n) is 3.60. The van der Waals surface area contributed by atoms with Crippen LogP contribution in [0.4, 0.5) is 0 Å². The van der Waals surface area contributed by atoms with Gasteiger partial charge in [-0.3, -0.25) is 9.59 Å². The minimum atomic E-state index is -0.147. The molecule has 1 aromatic heterocycles. The lowest BCUT2D eigenvalue weighted by Crippen LogP contribution is -2.05. The summed E-state index contributed by atoms with van der Waals surface area (Å²) in [5, 5.41) is 0.808. The molecule has 2 aromatic rings. The number of ketones is 1. The second-order valence-corrected chi connectivity index (χ2v) is 3.60. The first-order chi connectivity index (χ1) is 7.09. The number of benzene rings is 1. The SMILES string of the molecule is C.CC(=O)c1ccc(C)c2[nH]c(=O)ccc12. The number of aromatic amines is 1. The summed E-state index contributed by atoms with van der Waals surface area (Å²) in [7, 11) is 0. The Morgan fingerprint density at radius 2 is 1.88 bits per heavy atom. The zero-order valence-electron chi connectivity index (χ0n) is 8.63. The highest BCUT2D eigenvalue weighted by atomic mass is 16.1. The van der Waals surface area contributed by atoms with Crippen molar-refractivity contribution >= 4 is 16.7 Å². The van der Waals surface area contributed by atoms with Crippen LogP contribution in [0.1, 0.15) is 30.3 Å². The molecular weight excluding hydrogens is 202 g/mol. The zero-order valence-corrected chi connectivity index (χ0v) is 8.63. The number of hydrogen-bond acceptors (Lipinski definition) is 2. The summed E-state index contributed by atoms with van der Waals surface area (Å²) in [4.78, 5) is 25.3. The molecule has 1 N–H and O–H groups in total. The number of hydrogen-bond donors (Lipinski definition) is 1. The predicted octanol–water partition coefficient (Wildman–Crippen LogP) is 2.68. The molecule has 0 aliphatic rings. The predicted molar refractivity (Wildman–Crippen MR) is 66.0 cm³/mol. The van der Waals surface area contributed by atoms with Gasteiger partial charge in [0.05, 0.1) is 5.52 Å². The van der Waals surface area contributed by atoms with Crippen LogP contribution < -0.4 is 5.56 Å². The molecule has 0 aliphatic heterocycles. The Balaban J connectivity index is 0.00000128. The average Bonchev–Trinajstić information content (AvgIpc) is 2.19. The Labute approximate surface area is 94.1 Å². The summed E-state index contributed by atoms with van der Waals surface area (Å²) < 4.78 is 0. The van der Waals surface area contributed by atoms with Crippen molar-refractivity contribution in [1.29, 1.82) is 0 Å². The third kappa shape index (κ3) is 1.89. The minimum Gasteiger partial charge on any atom is -0.322 e. The highest BCUT2D eigenvalue weighted by molar-refractivity contribution is 6.06. The molecular formula is C13H15NO2. The molecule has 0 radical (unpaired) electrons. The van der Waals surface area contributed by atoms with Crippen LogP contribution in [0.2, 0.25) is 0 Å². The lowest BCUT2D eigenvalue weighted by Gasteiger charge is -2.05. The van der Waals surface area contributed by atoms with Crippen molar-refractivity contribution in [3.05, 3.63) is 45.7 Å². The van der Waals surface area contributed by atoms with Crippen LogP contribution in [-0.2, 0) is 0 Å². The van der Waals surface area contributed by atoms with Gasteiger partial charge < -0.3 is 4.98 Å². The average molecular weight is 217 g/mol. The third-order valence-electron chi connectivity index (χ3n) is 2.48. The first-order valence-corrected chi connectivity index (χ1v) is 4.73. The summed E-state index contributed by atoms with van der Waals surface area (Å²) in [6, 6.07) is 6.76. The van der Waals surface area contributed by atoms with E-state index in [0.717, 1.165) is 16.5 Å². The minimum absolute atomic E-state index is 0. The molecule has 0 bridgehead atoms. The molecule has 1 heterocycles. The van der Waals surface area contributed by atoms with Crippen molar-refractivity contribution in [2.24, 2.45) is 0 Å². The van der Waals surface area contributed by atoms with E-state index in [1.54, 1.807) is 12.1 Å². The molecule has 16 heavy (non-hydrogen) atoms. The van der Waals surface area contributed by atoms with Gasteiger partial charge in [-0.05, 0) is 25.5 Å². The molecule has 0 fully saturated rings. The van der Waals surface area contributed by atoms with Gasteiger partial charge in [0.1, 0.15) is 0 Å². The number of aromatic nitrogens is 1. The third-order valence-corrected chi connectivity index (χ3v) is 2.48. The van der Waals surface area contributed by atoms with Gasteiger partial charge in [-0.1, -0.05) is 19.6 Å². The van der Waals surface area contributed by atoms with Crippen LogP contribution in [0.25, 0.3) is 10.9 Å².